The molecule has 0 bridgehead atoms. The summed E-state index contributed by atoms with van der Waals surface area (Å²) >= 11 is 5.98. The Morgan fingerprint density at radius 1 is 0.917 bits per heavy atom. The Hall–Kier alpha value is -2.08. The molecule has 1 N–H and O–H groups in total. The molecule has 0 saturated carbocycles. The van der Waals surface area contributed by atoms with Gasteiger partial charge in [0.1, 0.15) is 12.4 Å². The zero-order valence-corrected chi connectivity index (χ0v) is 14.3. The molecule has 124 valence electrons. The summed E-state index contributed by atoms with van der Waals surface area (Å²) in [5, 5.41) is 2.38. The molecule has 0 atom stereocenters. The van der Waals surface area contributed by atoms with Crippen LogP contribution in [0.2, 0.25) is 5.02 Å². The van der Waals surface area contributed by atoms with E-state index in [0.29, 0.717) is 10.8 Å². The third-order valence-corrected chi connectivity index (χ3v) is 5.29. The number of rotatable bonds is 6. The van der Waals surface area contributed by atoms with Crippen molar-refractivity contribution in [1.29, 1.82) is 0 Å². The predicted octanol–water partition coefficient (Wildman–Crippen LogP) is 3.85. The van der Waals surface area contributed by atoms with Gasteiger partial charge >= 0.3 is 0 Å². The van der Waals surface area contributed by atoms with Gasteiger partial charge in [0.05, 0.1) is 9.92 Å². The average molecular weight is 362 g/mol. The monoisotopic (exact) mass is 361 g/mol. The summed E-state index contributed by atoms with van der Waals surface area (Å²) in [5.74, 6) is 0.532. The molecule has 0 aliphatic rings. The molecule has 0 aromatic heterocycles. The van der Waals surface area contributed by atoms with Crippen molar-refractivity contribution in [1.82, 2.24) is 4.72 Å². The predicted molar refractivity (Wildman–Crippen MR) is 96.1 cm³/mol. The molecular weight excluding hydrogens is 346 g/mol. The maximum atomic E-state index is 12.4. The average Bonchev–Trinajstić information content (AvgIpc) is 2.59. The maximum absolute atomic E-state index is 12.4. The van der Waals surface area contributed by atoms with E-state index in [1.165, 1.54) is 0 Å². The summed E-state index contributed by atoms with van der Waals surface area (Å²) in [7, 11) is -3.58. The first-order valence-electron chi connectivity index (χ1n) is 7.42. The Morgan fingerprint density at radius 2 is 1.62 bits per heavy atom. The molecule has 0 unspecified atom stereocenters. The Labute approximate surface area is 146 Å². The van der Waals surface area contributed by atoms with E-state index < -0.39 is 10.0 Å². The fraction of sp³-hybridized carbons (Fsp3) is 0.111. The van der Waals surface area contributed by atoms with Crippen molar-refractivity contribution in [2.24, 2.45) is 0 Å². The van der Waals surface area contributed by atoms with Gasteiger partial charge in [0.15, 0.2) is 0 Å². The van der Waals surface area contributed by atoms with E-state index >= 15 is 0 Å². The van der Waals surface area contributed by atoms with Crippen molar-refractivity contribution in [3.8, 4) is 5.75 Å². The molecule has 0 fully saturated rings. The van der Waals surface area contributed by atoms with E-state index in [1.54, 1.807) is 42.5 Å². The lowest BCUT2D eigenvalue weighted by atomic mass is 10.1. The fourth-order valence-electron chi connectivity index (χ4n) is 2.32. The van der Waals surface area contributed by atoms with Crippen LogP contribution in [-0.2, 0) is 10.0 Å². The summed E-state index contributed by atoms with van der Waals surface area (Å²) in [6.07, 6.45) is 0. The maximum Gasteiger partial charge on any atom is 0.240 e. The van der Waals surface area contributed by atoms with E-state index in [9.17, 15) is 8.42 Å². The SMILES string of the molecule is O=S(=O)(NCCOc1ccccc1Cl)c1ccc2ccccc2c1. The Morgan fingerprint density at radius 3 is 2.42 bits per heavy atom. The molecule has 3 rings (SSSR count). The highest BCUT2D eigenvalue weighted by molar-refractivity contribution is 7.89. The van der Waals surface area contributed by atoms with Gasteiger partial charge in [0.25, 0.3) is 0 Å². The Balaban J connectivity index is 1.64. The Bertz CT molecular complexity index is 957. The second-order valence-electron chi connectivity index (χ2n) is 5.19. The van der Waals surface area contributed by atoms with Crippen LogP contribution >= 0.6 is 11.6 Å². The molecule has 4 nitrogen and oxygen atoms in total. The lowest BCUT2D eigenvalue weighted by molar-refractivity contribution is 0.323. The van der Waals surface area contributed by atoms with Gasteiger partial charge < -0.3 is 4.74 Å². The van der Waals surface area contributed by atoms with Crippen LogP contribution in [0.4, 0.5) is 0 Å². The van der Waals surface area contributed by atoms with Crippen molar-refractivity contribution in [3.05, 3.63) is 71.8 Å². The fourth-order valence-corrected chi connectivity index (χ4v) is 3.56. The van der Waals surface area contributed by atoms with Crippen LogP contribution in [0.3, 0.4) is 0 Å². The quantitative estimate of drug-likeness (QED) is 0.678. The van der Waals surface area contributed by atoms with Crippen LogP contribution in [0.1, 0.15) is 0 Å². The van der Waals surface area contributed by atoms with Crippen molar-refractivity contribution < 1.29 is 13.2 Å². The minimum atomic E-state index is -3.58. The largest absolute Gasteiger partial charge is 0.491 e. The number of hydrogen-bond acceptors (Lipinski definition) is 3. The van der Waals surface area contributed by atoms with E-state index in [2.05, 4.69) is 4.72 Å². The lowest BCUT2D eigenvalue weighted by Gasteiger charge is -2.10. The molecule has 0 heterocycles. The number of nitrogens with one attached hydrogen (secondary N) is 1. The summed E-state index contributed by atoms with van der Waals surface area (Å²) in [6.45, 7) is 0.344. The van der Waals surface area contributed by atoms with Gasteiger partial charge in [-0.2, -0.15) is 0 Å². The van der Waals surface area contributed by atoms with Gasteiger partial charge in [-0.1, -0.05) is 54.1 Å². The van der Waals surface area contributed by atoms with Crippen molar-refractivity contribution in [2.75, 3.05) is 13.2 Å². The van der Waals surface area contributed by atoms with E-state index in [0.717, 1.165) is 10.8 Å². The molecule has 6 heteroatoms. The first-order valence-corrected chi connectivity index (χ1v) is 9.28. The molecule has 3 aromatic rings. The van der Waals surface area contributed by atoms with E-state index in [1.807, 2.05) is 24.3 Å². The van der Waals surface area contributed by atoms with Crippen LogP contribution in [0.5, 0.6) is 5.75 Å². The summed E-state index contributed by atoms with van der Waals surface area (Å²) in [6, 6.07) is 19.7. The van der Waals surface area contributed by atoms with Crippen LogP contribution < -0.4 is 9.46 Å². The smallest absolute Gasteiger partial charge is 0.240 e. The highest BCUT2D eigenvalue weighted by atomic mass is 35.5. The second-order valence-corrected chi connectivity index (χ2v) is 7.36. The third-order valence-electron chi connectivity index (χ3n) is 3.52. The number of ether oxygens (including phenoxy) is 1. The number of hydrogen-bond donors (Lipinski definition) is 1. The molecule has 0 aliphatic carbocycles. The highest BCUT2D eigenvalue weighted by Gasteiger charge is 2.14. The Kier molecular flexibility index (Phi) is 5.04. The van der Waals surface area contributed by atoms with Crippen LogP contribution in [-0.4, -0.2) is 21.6 Å². The third kappa shape index (κ3) is 3.87. The van der Waals surface area contributed by atoms with Crippen LogP contribution in [0, 0.1) is 0 Å². The molecule has 0 amide bonds. The normalized spacial score (nSPS) is 11.5. The highest BCUT2D eigenvalue weighted by Crippen LogP contribution is 2.23. The molecule has 24 heavy (non-hydrogen) atoms. The van der Waals surface area contributed by atoms with Gasteiger partial charge in [-0.05, 0) is 35.0 Å². The molecule has 0 aliphatic heterocycles. The van der Waals surface area contributed by atoms with E-state index in [4.69, 9.17) is 16.3 Å². The van der Waals surface area contributed by atoms with Crippen LogP contribution in [0.15, 0.2) is 71.6 Å². The number of benzene rings is 3. The first kappa shape index (κ1) is 16.8. The minimum Gasteiger partial charge on any atom is -0.491 e. The standard InChI is InChI=1S/C18H16ClNO3S/c19-17-7-3-4-8-18(17)23-12-11-20-24(21,22)16-10-9-14-5-1-2-6-15(14)13-16/h1-10,13,20H,11-12H2. The van der Waals surface area contributed by atoms with Crippen molar-refractivity contribution in [3.63, 3.8) is 0 Å². The van der Waals surface area contributed by atoms with E-state index in [-0.39, 0.29) is 18.0 Å². The van der Waals surface area contributed by atoms with Crippen molar-refractivity contribution in [2.45, 2.75) is 4.90 Å². The first-order chi connectivity index (χ1) is 11.6. The molecule has 0 saturated heterocycles. The summed E-state index contributed by atoms with van der Waals surface area (Å²) in [4.78, 5) is 0.235. The van der Waals surface area contributed by atoms with Gasteiger partial charge in [-0.25, -0.2) is 13.1 Å². The number of sulfonamides is 1. The van der Waals surface area contributed by atoms with Gasteiger partial charge in [-0.15, -0.1) is 0 Å². The summed E-state index contributed by atoms with van der Waals surface area (Å²) in [5.41, 5.74) is 0. The minimum absolute atomic E-state index is 0.153. The van der Waals surface area contributed by atoms with Gasteiger partial charge in [0, 0.05) is 6.54 Å². The number of fused-ring (bicyclic) bond motifs is 1. The number of halogens is 1. The molecular formula is C18H16ClNO3S. The zero-order valence-electron chi connectivity index (χ0n) is 12.8. The molecule has 3 aromatic carbocycles. The van der Waals surface area contributed by atoms with Gasteiger partial charge in [0.2, 0.25) is 10.0 Å². The topological polar surface area (TPSA) is 55.4 Å². The lowest BCUT2D eigenvalue weighted by Crippen LogP contribution is -2.28. The van der Waals surface area contributed by atoms with Crippen molar-refractivity contribution >= 4 is 32.4 Å². The second kappa shape index (κ2) is 7.21. The number of para-hydroxylation sites is 1. The van der Waals surface area contributed by atoms with Crippen LogP contribution in [0.25, 0.3) is 10.8 Å². The summed E-state index contributed by atoms with van der Waals surface area (Å²) < 4.78 is 32.7. The van der Waals surface area contributed by atoms with Gasteiger partial charge in [-0.3, -0.25) is 0 Å². The molecule has 0 spiro atoms. The zero-order chi connectivity index (χ0) is 17.0. The molecule has 0 radical (unpaired) electrons.